The van der Waals surface area contributed by atoms with Gasteiger partial charge in [0.25, 0.3) is 0 Å². The van der Waals surface area contributed by atoms with Crippen molar-refractivity contribution in [3.05, 3.63) is 35.9 Å². The minimum atomic E-state index is -0.0376. The average molecular weight is 392 g/mol. The van der Waals surface area contributed by atoms with Crippen LogP contribution in [0.1, 0.15) is 129 Å². The Morgan fingerprint density at radius 3 is 1.61 bits per heavy atom. The van der Waals surface area contributed by atoms with Crippen LogP contribution in [0.25, 0.3) is 0 Å². The second-order valence-electron chi connectivity index (χ2n) is 8.67. The lowest BCUT2D eigenvalue weighted by atomic mass is 9.72. The van der Waals surface area contributed by atoms with Gasteiger partial charge in [0.05, 0.1) is 0 Å². The molecule has 0 aliphatic rings. The highest BCUT2D eigenvalue weighted by Crippen LogP contribution is 2.37. The van der Waals surface area contributed by atoms with Gasteiger partial charge < -0.3 is 11.2 Å². The normalized spacial score (nSPS) is 12.6. The summed E-state index contributed by atoms with van der Waals surface area (Å²) >= 11 is 0. The third-order valence-corrected chi connectivity index (χ3v) is 6.17. The Labute approximate surface area is 176 Å². The van der Waals surface area contributed by atoms with Crippen molar-refractivity contribution in [3.63, 3.8) is 0 Å². The predicted molar refractivity (Wildman–Crippen MR) is 126 cm³/mol. The van der Waals surface area contributed by atoms with E-state index in [1.165, 1.54) is 89.0 Å². The topological polar surface area (TPSA) is 57.5 Å². The first-order valence-corrected chi connectivity index (χ1v) is 12.0. The SMILES string of the molecule is CCCCCCCCCCCCC(c1ccccc1)C(N)(CCC)CCC.O. The summed E-state index contributed by atoms with van der Waals surface area (Å²) in [7, 11) is 0. The molecule has 0 bridgehead atoms. The van der Waals surface area contributed by atoms with Crippen LogP contribution in [0.2, 0.25) is 0 Å². The molecule has 28 heavy (non-hydrogen) atoms. The van der Waals surface area contributed by atoms with Crippen LogP contribution in [0.5, 0.6) is 0 Å². The van der Waals surface area contributed by atoms with Crippen LogP contribution in [-0.4, -0.2) is 11.0 Å². The summed E-state index contributed by atoms with van der Waals surface area (Å²) in [5, 5.41) is 0. The van der Waals surface area contributed by atoms with Crippen LogP contribution in [0.15, 0.2) is 30.3 Å². The maximum atomic E-state index is 7.02. The third kappa shape index (κ3) is 10.6. The molecule has 0 amide bonds. The van der Waals surface area contributed by atoms with E-state index in [1.54, 1.807) is 0 Å². The molecule has 0 saturated carbocycles. The van der Waals surface area contributed by atoms with Gasteiger partial charge in [-0.2, -0.15) is 0 Å². The van der Waals surface area contributed by atoms with E-state index in [9.17, 15) is 0 Å². The van der Waals surface area contributed by atoms with Gasteiger partial charge in [-0.25, -0.2) is 0 Å². The van der Waals surface area contributed by atoms with Crippen LogP contribution in [0.4, 0.5) is 0 Å². The standard InChI is InChI=1S/C26H47N.H2O/c1-4-7-8-9-10-11-12-13-14-18-21-25(24-19-16-15-17-20-24)26(27,22-5-2)23-6-3;/h15-17,19-20,25H,4-14,18,21-23,27H2,1-3H3;1H2. The summed E-state index contributed by atoms with van der Waals surface area (Å²) in [6.07, 6.45) is 19.9. The Hall–Kier alpha value is -0.860. The lowest BCUT2D eigenvalue weighted by Gasteiger charge is -2.38. The van der Waals surface area contributed by atoms with Crippen molar-refractivity contribution in [3.8, 4) is 0 Å². The summed E-state index contributed by atoms with van der Waals surface area (Å²) in [4.78, 5) is 0. The summed E-state index contributed by atoms with van der Waals surface area (Å²) < 4.78 is 0. The Morgan fingerprint density at radius 2 is 1.14 bits per heavy atom. The third-order valence-electron chi connectivity index (χ3n) is 6.17. The van der Waals surface area contributed by atoms with E-state index < -0.39 is 0 Å². The maximum Gasteiger partial charge on any atom is 0.0223 e. The monoisotopic (exact) mass is 391 g/mol. The van der Waals surface area contributed by atoms with Crippen molar-refractivity contribution in [1.82, 2.24) is 0 Å². The van der Waals surface area contributed by atoms with Crippen LogP contribution in [0, 0.1) is 0 Å². The molecule has 1 aromatic rings. The number of rotatable bonds is 17. The van der Waals surface area contributed by atoms with Gasteiger partial charge in [-0.05, 0) is 24.8 Å². The smallest absolute Gasteiger partial charge is 0.0223 e. The summed E-state index contributed by atoms with van der Waals surface area (Å²) in [5.41, 5.74) is 8.43. The Morgan fingerprint density at radius 1 is 0.679 bits per heavy atom. The molecule has 1 rings (SSSR count). The highest BCUT2D eigenvalue weighted by atomic mass is 16.0. The van der Waals surface area contributed by atoms with Gasteiger partial charge >= 0.3 is 0 Å². The molecule has 0 aliphatic heterocycles. The quantitative estimate of drug-likeness (QED) is 0.274. The zero-order valence-corrected chi connectivity index (χ0v) is 19.1. The van der Waals surface area contributed by atoms with Crippen LogP contribution < -0.4 is 5.73 Å². The summed E-state index contributed by atoms with van der Waals surface area (Å²) in [6, 6.07) is 11.1. The van der Waals surface area contributed by atoms with E-state index in [0.717, 1.165) is 12.8 Å². The highest BCUT2D eigenvalue weighted by Gasteiger charge is 2.33. The van der Waals surface area contributed by atoms with E-state index in [4.69, 9.17) is 5.73 Å². The van der Waals surface area contributed by atoms with Crippen molar-refractivity contribution in [2.24, 2.45) is 5.73 Å². The van der Waals surface area contributed by atoms with E-state index in [1.807, 2.05) is 0 Å². The van der Waals surface area contributed by atoms with Gasteiger partial charge in [0.15, 0.2) is 0 Å². The van der Waals surface area contributed by atoms with Crippen LogP contribution >= 0.6 is 0 Å². The van der Waals surface area contributed by atoms with Crippen LogP contribution in [-0.2, 0) is 0 Å². The second-order valence-corrected chi connectivity index (χ2v) is 8.67. The second kappa shape index (κ2) is 17.0. The molecule has 1 atom stereocenters. The molecular weight excluding hydrogens is 342 g/mol. The average Bonchev–Trinajstić information content (AvgIpc) is 2.67. The first kappa shape index (κ1) is 27.1. The molecule has 0 heterocycles. The minimum Gasteiger partial charge on any atom is -0.412 e. The molecule has 0 radical (unpaired) electrons. The predicted octanol–water partition coefficient (Wildman–Crippen LogP) is 7.55. The maximum absolute atomic E-state index is 7.02. The first-order chi connectivity index (χ1) is 13.2. The van der Waals surface area contributed by atoms with Crippen molar-refractivity contribution in [1.29, 1.82) is 0 Å². The molecule has 2 heteroatoms. The fourth-order valence-corrected chi connectivity index (χ4v) is 4.71. The van der Waals surface area contributed by atoms with Gasteiger partial charge in [0.1, 0.15) is 0 Å². The first-order valence-electron chi connectivity index (χ1n) is 12.0. The number of hydrogen-bond donors (Lipinski definition) is 1. The zero-order chi connectivity index (χ0) is 19.8. The molecule has 0 spiro atoms. The number of hydrogen-bond acceptors (Lipinski definition) is 1. The van der Waals surface area contributed by atoms with Gasteiger partial charge in [-0.3, -0.25) is 0 Å². The van der Waals surface area contributed by atoms with Crippen molar-refractivity contribution < 1.29 is 5.48 Å². The van der Waals surface area contributed by atoms with Gasteiger partial charge in [-0.1, -0.05) is 128 Å². The highest BCUT2D eigenvalue weighted by molar-refractivity contribution is 5.24. The van der Waals surface area contributed by atoms with Crippen molar-refractivity contribution >= 4 is 0 Å². The Balaban J connectivity index is 0.00000729. The van der Waals surface area contributed by atoms with Gasteiger partial charge in [0, 0.05) is 11.5 Å². The fraction of sp³-hybridized carbons (Fsp3) is 0.769. The Bertz CT molecular complexity index is 439. The Kier molecular flexibility index (Phi) is 16.5. The molecule has 1 aromatic carbocycles. The van der Waals surface area contributed by atoms with E-state index in [0.29, 0.717) is 5.92 Å². The number of nitrogens with two attached hydrogens (primary N) is 1. The van der Waals surface area contributed by atoms with Gasteiger partial charge in [-0.15, -0.1) is 0 Å². The fourth-order valence-electron chi connectivity index (χ4n) is 4.71. The largest absolute Gasteiger partial charge is 0.412 e. The van der Waals surface area contributed by atoms with Crippen LogP contribution in [0.3, 0.4) is 0 Å². The summed E-state index contributed by atoms with van der Waals surface area (Å²) in [5.74, 6) is 0.507. The molecule has 0 saturated heterocycles. The molecule has 0 aliphatic carbocycles. The summed E-state index contributed by atoms with van der Waals surface area (Å²) in [6.45, 7) is 6.85. The molecular formula is C26H49NO. The lowest BCUT2D eigenvalue weighted by molar-refractivity contribution is 0.275. The molecule has 0 aromatic heterocycles. The van der Waals surface area contributed by atoms with Crippen molar-refractivity contribution in [2.75, 3.05) is 0 Å². The van der Waals surface area contributed by atoms with Crippen molar-refractivity contribution in [2.45, 2.75) is 129 Å². The van der Waals surface area contributed by atoms with E-state index >= 15 is 0 Å². The molecule has 2 nitrogen and oxygen atoms in total. The van der Waals surface area contributed by atoms with Gasteiger partial charge in [0.2, 0.25) is 0 Å². The van der Waals surface area contributed by atoms with E-state index in [-0.39, 0.29) is 11.0 Å². The lowest BCUT2D eigenvalue weighted by Crippen LogP contribution is -2.45. The zero-order valence-electron chi connectivity index (χ0n) is 19.1. The molecule has 0 fully saturated rings. The number of benzene rings is 1. The minimum absolute atomic E-state index is 0. The molecule has 4 N–H and O–H groups in total. The number of unbranched alkanes of at least 4 members (excludes halogenated alkanes) is 9. The molecule has 164 valence electrons. The van der Waals surface area contributed by atoms with E-state index in [2.05, 4.69) is 51.1 Å². The molecule has 1 unspecified atom stereocenters.